The largest absolute Gasteiger partial charge is 0.452 e. The van der Waals surface area contributed by atoms with Crippen molar-refractivity contribution in [2.45, 2.75) is 20.3 Å². The number of para-hydroxylation sites is 1. The van der Waals surface area contributed by atoms with E-state index in [0.717, 1.165) is 12.0 Å². The van der Waals surface area contributed by atoms with E-state index >= 15 is 0 Å². The van der Waals surface area contributed by atoms with Gasteiger partial charge in [-0.25, -0.2) is 4.79 Å². The van der Waals surface area contributed by atoms with Crippen LogP contribution in [0.25, 0.3) is 0 Å². The van der Waals surface area contributed by atoms with Crippen LogP contribution in [0, 0.1) is 17.2 Å². The molecule has 2 rings (SSSR count). The van der Waals surface area contributed by atoms with Gasteiger partial charge in [0, 0.05) is 5.69 Å². The molecule has 26 heavy (non-hydrogen) atoms. The fraction of sp³-hybridized carbons (Fsp3) is 0.286. The molecule has 2 aromatic rings. The number of benzene rings is 2. The summed E-state index contributed by atoms with van der Waals surface area (Å²) >= 11 is 0. The first-order chi connectivity index (χ1) is 12.5. The van der Waals surface area contributed by atoms with Crippen LogP contribution in [0.1, 0.15) is 29.8 Å². The van der Waals surface area contributed by atoms with Crippen LogP contribution >= 0.6 is 0 Å². The lowest BCUT2D eigenvalue weighted by atomic mass is 10.0. The summed E-state index contributed by atoms with van der Waals surface area (Å²) in [6.07, 6.45) is 0.939. The Hall–Kier alpha value is -3.13. The van der Waals surface area contributed by atoms with Crippen LogP contribution < -0.4 is 4.90 Å². The van der Waals surface area contributed by atoms with Crippen LogP contribution in [0.5, 0.6) is 0 Å². The van der Waals surface area contributed by atoms with Gasteiger partial charge in [0.05, 0.1) is 11.6 Å². The van der Waals surface area contributed by atoms with E-state index in [1.165, 1.54) is 4.90 Å². The minimum Gasteiger partial charge on any atom is -0.452 e. The van der Waals surface area contributed by atoms with Crippen molar-refractivity contribution in [3.8, 4) is 6.07 Å². The second kappa shape index (κ2) is 9.38. The number of anilines is 1. The number of rotatable bonds is 7. The summed E-state index contributed by atoms with van der Waals surface area (Å²) in [4.78, 5) is 25.8. The molecule has 5 heteroatoms. The molecule has 0 unspecified atom stereocenters. The maximum Gasteiger partial charge on any atom is 0.338 e. The zero-order chi connectivity index (χ0) is 18.9. The minimum absolute atomic E-state index is 0.107. The number of amides is 1. The highest BCUT2D eigenvalue weighted by atomic mass is 16.5. The van der Waals surface area contributed by atoms with Crippen molar-refractivity contribution in [3.63, 3.8) is 0 Å². The van der Waals surface area contributed by atoms with E-state index < -0.39 is 18.5 Å². The normalized spacial score (nSPS) is 10.2. The van der Waals surface area contributed by atoms with Gasteiger partial charge < -0.3 is 4.74 Å². The smallest absolute Gasteiger partial charge is 0.338 e. The molecule has 2 aromatic carbocycles. The van der Waals surface area contributed by atoms with Gasteiger partial charge in [-0.3, -0.25) is 9.69 Å². The quantitative estimate of drug-likeness (QED) is 0.565. The second-order valence-corrected chi connectivity index (χ2v) is 6.34. The third-order valence-corrected chi connectivity index (χ3v) is 3.76. The van der Waals surface area contributed by atoms with Crippen LogP contribution in [0.15, 0.2) is 54.6 Å². The number of ether oxygens (including phenoxy) is 1. The van der Waals surface area contributed by atoms with Gasteiger partial charge >= 0.3 is 5.97 Å². The molecule has 0 N–H and O–H groups in total. The Morgan fingerprint density at radius 3 is 2.31 bits per heavy atom. The van der Waals surface area contributed by atoms with Crippen LogP contribution in [0.3, 0.4) is 0 Å². The summed E-state index contributed by atoms with van der Waals surface area (Å²) in [6.45, 7) is 3.74. The molecule has 0 bridgehead atoms. The van der Waals surface area contributed by atoms with Gasteiger partial charge in [-0.15, -0.1) is 0 Å². The van der Waals surface area contributed by atoms with Crippen LogP contribution in [0.2, 0.25) is 0 Å². The lowest BCUT2D eigenvalue weighted by Crippen LogP contribution is -2.35. The van der Waals surface area contributed by atoms with Crippen LogP contribution in [0.4, 0.5) is 5.69 Å². The van der Waals surface area contributed by atoms with E-state index in [2.05, 4.69) is 13.8 Å². The summed E-state index contributed by atoms with van der Waals surface area (Å²) in [7, 11) is 0. The standard InChI is InChI=1S/C21H22N2O3/c1-16(2)14-17-8-10-18(11-9-17)21(25)26-15-20(24)23(13-12-22)19-6-4-3-5-7-19/h3-11,16H,13-15H2,1-2H3. The summed E-state index contributed by atoms with van der Waals surface area (Å²) in [6, 6.07) is 18.0. The summed E-state index contributed by atoms with van der Waals surface area (Å²) < 4.78 is 5.12. The lowest BCUT2D eigenvalue weighted by Gasteiger charge is -2.19. The van der Waals surface area contributed by atoms with Crippen molar-refractivity contribution in [1.82, 2.24) is 0 Å². The molecule has 0 heterocycles. The SMILES string of the molecule is CC(C)Cc1ccc(C(=O)OCC(=O)N(CC#N)c2ccccc2)cc1. The maximum atomic E-state index is 12.3. The Bertz CT molecular complexity index is 777. The van der Waals surface area contributed by atoms with Crippen molar-refractivity contribution in [2.24, 2.45) is 5.92 Å². The fourth-order valence-electron chi connectivity index (χ4n) is 2.54. The Kier molecular flexibility index (Phi) is 6.92. The fourth-order valence-corrected chi connectivity index (χ4v) is 2.54. The highest BCUT2D eigenvalue weighted by Crippen LogP contribution is 2.14. The average Bonchev–Trinajstić information content (AvgIpc) is 2.64. The minimum atomic E-state index is -0.556. The molecule has 5 nitrogen and oxygen atoms in total. The van der Waals surface area contributed by atoms with Crippen LogP contribution in [-0.2, 0) is 16.0 Å². The molecular weight excluding hydrogens is 328 g/mol. The molecule has 0 spiro atoms. The van der Waals surface area contributed by atoms with Crippen molar-refractivity contribution in [2.75, 3.05) is 18.1 Å². The Labute approximate surface area is 153 Å². The molecule has 0 fully saturated rings. The van der Waals surface area contributed by atoms with Gasteiger partial charge in [-0.05, 0) is 42.2 Å². The molecule has 0 aliphatic heterocycles. The van der Waals surface area contributed by atoms with E-state index in [1.54, 1.807) is 36.4 Å². The van der Waals surface area contributed by atoms with Crippen molar-refractivity contribution >= 4 is 17.6 Å². The summed E-state index contributed by atoms with van der Waals surface area (Å²) in [5, 5.41) is 8.94. The molecular formula is C21H22N2O3. The first kappa shape index (κ1) is 19.2. The highest BCUT2D eigenvalue weighted by Gasteiger charge is 2.18. The average molecular weight is 350 g/mol. The van der Waals surface area contributed by atoms with Crippen molar-refractivity contribution in [3.05, 3.63) is 65.7 Å². The summed E-state index contributed by atoms with van der Waals surface area (Å²) in [5.41, 5.74) is 2.14. The first-order valence-electron chi connectivity index (χ1n) is 8.49. The van der Waals surface area contributed by atoms with E-state index in [1.807, 2.05) is 24.3 Å². The predicted octanol–water partition coefficient (Wildman–Crippen LogP) is 3.60. The predicted molar refractivity (Wildman–Crippen MR) is 99.7 cm³/mol. The first-order valence-corrected chi connectivity index (χ1v) is 8.49. The Morgan fingerprint density at radius 2 is 1.73 bits per heavy atom. The van der Waals surface area contributed by atoms with Gasteiger partial charge in [0.25, 0.3) is 5.91 Å². The van der Waals surface area contributed by atoms with Crippen molar-refractivity contribution < 1.29 is 14.3 Å². The molecule has 0 aromatic heterocycles. The maximum absolute atomic E-state index is 12.3. The van der Waals surface area contributed by atoms with E-state index in [4.69, 9.17) is 10.00 Å². The molecule has 0 saturated carbocycles. The molecule has 1 amide bonds. The number of nitriles is 1. The van der Waals surface area contributed by atoms with Crippen LogP contribution in [-0.4, -0.2) is 25.0 Å². The zero-order valence-electron chi connectivity index (χ0n) is 15.0. The topological polar surface area (TPSA) is 70.4 Å². The van der Waals surface area contributed by atoms with Gasteiger partial charge in [0.2, 0.25) is 0 Å². The molecule has 0 radical (unpaired) electrons. The number of nitrogens with zero attached hydrogens (tertiary/aromatic N) is 2. The van der Waals surface area contributed by atoms with Gasteiger partial charge in [-0.1, -0.05) is 44.2 Å². The Morgan fingerprint density at radius 1 is 1.08 bits per heavy atom. The molecule has 0 atom stereocenters. The number of esters is 1. The van der Waals surface area contributed by atoms with Gasteiger partial charge in [0.15, 0.2) is 6.61 Å². The van der Waals surface area contributed by atoms with E-state index in [-0.39, 0.29) is 6.54 Å². The number of carbonyl (C=O) groups excluding carboxylic acids is 2. The molecule has 0 saturated heterocycles. The highest BCUT2D eigenvalue weighted by molar-refractivity contribution is 5.97. The number of hydrogen-bond donors (Lipinski definition) is 0. The summed E-state index contributed by atoms with van der Waals surface area (Å²) in [5.74, 6) is -0.462. The zero-order valence-corrected chi connectivity index (χ0v) is 15.0. The Balaban J connectivity index is 1.97. The molecule has 0 aliphatic carbocycles. The van der Waals surface area contributed by atoms with Crippen molar-refractivity contribution in [1.29, 1.82) is 5.26 Å². The molecule has 134 valence electrons. The number of hydrogen-bond acceptors (Lipinski definition) is 4. The van der Waals surface area contributed by atoms with Gasteiger partial charge in [-0.2, -0.15) is 5.26 Å². The molecule has 0 aliphatic rings. The van der Waals surface area contributed by atoms with E-state index in [9.17, 15) is 9.59 Å². The second-order valence-electron chi connectivity index (χ2n) is 6.34. The van der Waals surface area contributed by atoms with Gasteiger partial charge in [0.1, 0.15) is 6.54 Å². The number of carbonyl (C=O) groups is 2. The lowest BCUT2D eigenvalue weighted by molar-refractivity contribution is -0.121. The monoisotopic (exact) mass is 350 g/mol. The third kappa shape index (κ3) is 5.45. The third-order valence-electron chi connectivity index (χ3n) is 3.76. The van der Waals surface area contributed by atoms with E-state index in [0.29, 0.717) is 17.2 Å².